The van der Waals surface area contributed by atoms with Gasteiger partial charge in [0.1, 0.15) is 0 Å². The van der Waals surface area contributed by atoms with Crippen LogP contribution in [-0.2, 0) is 6.54 Å². The highest BCUT2D eigenvalue weighted by Crippen LogP contribution is 2.20. The fourth-order valence-electron chi connectivity index (χ4n) is 1.68. The summed E-state index contributed by atoms with van der Waals surface area (Å²) in [6, 6.07) is 3.81. The van der Waals surface area contributed by atoms with Crippen LogP contribution in [0.5, 0.6) is 5.75 Å². The third kappa shape index (κ3) is 5.38. The molecule has 3 nitrogen and oxygen atoms in total. The van der Waals surface area contributed by atoms with Gasteiger partial charge in [0.15, 0.2) is 11.6 Å². The molecule has 1 aromatic rings. The first-order chi connectivity index (χ1) is 9.43. The second kappa shape index (κ2) is 8.11. The molecule has 0 aliphatic rings. The van der Waals surface area contributed by atoms with E-state index in [4.69, 9.17) is 0 Å². The van der Waals surface area contributed by atoms with Gasteiger partial charge in [-0.15, -0.1) is 0 Å². The van der Waals surface area contributed by atoms with Crippen molar-refractivity contribution in [1.29, 1.82) is 0 Å². The Bertz CT molecular complexity index is 415. The summed E-state index contributed by atoms with van der Waals surface area (Å²) in [6.07, 6.45) is 0.406. The van der Waals surface area contributed by atoms with E-state index in [0.717, 1.165) is 12.5 Å². The molecule has 0 aliphatic heterocycles. The van der Waals surface area contributed by atoms with Crippen LogP contribution in [0.25, 0.3) is 0 Å². The van der Waals surface area contributed by atoms with Crippen molar-refractivity contribution in [3.8, 4) is 5.75 Å². The minimum absolute atomic E-state index is 0.182. The topological polar surface area (TPSA) is 41.5 Å². The lowest BCUT2D eigenvalue weighted by Gasteiger charge is -2.17. The molecule has 1 aromatic carbocycles. The van der Waals surface area contributed by atoms with Crippen molar-refractivity contribution in [3.63, 3.8) is 0 Å². The molecule has 0 amide bonds. The smallest absolute Gasteiger partial charge is 0.387 e. The van der Waals surface area contributed by atoms with Gasteiger partial charge in [0.05, 0.1) is 6.10 Å². The van der Waals surface area contributed by atoms with Crippen molar-refractivity contribution in [3.05, 3.63) is 29.6 Å². The maximum absolute atomic E-state index is 13.4. The zero-order valence-corrected chi connectivity index (χ0v) is 11.6. The van der Waals surface area contributed by atoms with E-state index >= 15 is 0 Å². The van der Waals surface area contributed by atoms with Crippen molar-refractivity contribution in [2.24, 2.45) is 5.92 Å². The van der Waals surface area contributed by atoms with Crippen molar-refractivity contribution in [2.75, 3.05) is 6.54 Å². The Balaban J connectivity index is 2.47. The third-order valence-electron chi connectivity index (χ3n) is 3.20. The van der Waals surface area contributed by atoms with Gasteiger partial charge in [-0.25, -0.2) is 4.39 Å². The van der Waals surface area contributed by atoms with Crippen LogP contribution >= 0.6 is 0 Å². The van der Waals surface area contributed by atoms with Crippen LogP contribution in [0.15, 0.2) is 18.2 Å². The van der Waals surface area contributed by atoms with E-state index in [1.807, 2.05) is 13.8 Å². The van der Waals surface area contributed by atoms with Gasteiger partial charge in [0.2, 0.25) is 0 Å². The van der Waals surface area contributed by atoms with Gasteiger partial charge < -0.3 is 15.2 Å². The first kappa shape index (κ1) is 16.8. The van der Waals surface area contributed by atoms with E-state index in [1.165, 1.54) is 12.1 Å². The minimum Gasteiger partial charge on any atom is -0.432 e. The van der Waals surface area contributed by atoms with Gasteiger partial charge in [0, 0.05) is 13.1 Å². The van der Waals surface area contributed by atoms with Crippen LogP contribution in [-0.4, -0.2) is 24.4 Å². The van der Waals surface area contributed by atoms with Crippen LogP contribution in [0.1, 0.15) is 25.8 Å². The number of benzene rings is 1. The molecule has 0 fully saturated rings. The quantitative estimate of drug-likeness (QED) is 0.774. The number of rotatable bonds is 8. The number of alkyl halides is 2. The number of ether oxygens (including phenoxy) is 1. The first-order valence-electron chi connectivity index (χ1n) is 6.56. The van der Waals surface area contributed by atoms with Crippen LogP contribution in [0.2, 0.25) is 0 Å². The second-order valence-corrected chi connectivity index (χ2v) is 4.73. The van der Waals surface area contributed by atoms with E-state index in [2.05, 4.69) is 10.1 Å². The largest absolute Gasteiger partial charge is 0.432 e. The Kier molecular flexibility index (Phi) is 6.81. The summed E-state index contributed by atoms with van der Waals surface area (Å²) in [4.78, 5) is 0. The number of nitrogens with one attached hydrogen (secondary N) is 1. The summed E-state index contributed by atoms with van der Waals surface area (Å²) in [6.45, 7) is 1.64. The summed E-state index contributed by atoms with van der Waals surface area (Å²) in [5.41, 5.74) is 0.598. The lowest BCUT2D eigenvalue weighted by atomic mass is 10.0. The average molecular weight is 291 g/mol. The molecule has 2 atom stereocenters. The predicted molar refractivity (Wildman–Crippen MR) is 70.2 cm³/mol. The standard InChI is InChI=1S/C14H20F3NO2/c1-3-9(2)12(19)8-18-7-10-4-5-13(11(15)6-10)20-14(16)17/h4-6,9,12,14,18-19H,3,7-8H2,1-2H3. The molecule has 0 spiro atoms. The molecule has 2 unspecified atom stereocenters. The Labute approximate surface area is 116 Å². The van der Waals surface area contributed by atoms with Gasteiger partial charge in [-0.3, -0.25) is 0 Å². The van der Waals surface area contributed by atoms with Gasteiger partial charge in [-0.1, -0.05) is 26.3 Å². The number of aliphatic hydroxyl groups excluding tert-OH is 1. The fraction of sp³-hybridized carbons (Fsp3) is 0.571. The summed E-state index contributed by atoms with van der Waals surface area (Å²) >= 11 is 0. The molecule has 0 bridgehead atoms. The van der Waals surface area contributed by atoms with Crippen LogP contribution in [0.4, 0.5) is 13.2 Å². The summed E-state index contributed by atoms with van der Waals surface area (Å²) < 4.78 is 41.4. The SMILES string of the molecule is CCC(C)C(O)CNCc1ccc(OC(F)F)c(F)c1. The third-order valence-corrected chi connectivity index (χ3v) is 3.20. The zero-order valence-electron chi connectivity index (χ0n) is 11.6. The Morgan fingerprint density at radius 1 is 1.35 bits per heavy atom. The van der Waals surface area contributed by atoms with E-state index in [-0.39, 0.29) is 5.92 Å². The molecule has 0 aromatic heterocycles. The van der Waals surface area contributed by atoms with Crippen molar-refractivity contribution < 1.29 is 23.0 Å². The molecule has 2 N–H and O–H groups in total. The Morgan fingerprint density at radius 2 is 2.05 bits per heavy atom. The van der Waals surface area contributed by atoms with Gasteiger partial charge in [-0.05, 0) is 23.6 Å². The highest BCUT2D eigenvalue weighted by Gasteiger charge is 2.12. The molecular formula is C14H20F3NO2. The van der Waals surface area contributed by atoms with Gasteiger partial charge in [0.25, 0.3) is 0 Å². The van der Waals surface area contributed by atoms with E-state index in [0.29, 0.717) is 18.7 Å². The monoisotopic (exact) mass is 291 g/mol. The lowest BCUT2D eigenvalue weighted by Crippen LogP contribution is -2.31. The van der Waals surface area contributed by atoms with Gasteiger partial charge >= 0.3 is 6.61 Å². The number of hydrogen-bond acceptors (Lipinski definition) is 3. The van der Waals surface area contributed by atoms with E-state index in [1.54, 1.807) is 0 Å². The number of aliphatic hydroxyl groups is 1. The second-order valence-electron chi connectivity index (χ2n) is 4.73. The minimum atomic E-state index is -3.04. The molecule has 114 valence electrons. The normalized spacial score (nSPS) is 14.3. The summed E-state index contributed by atoms with van der Waals surface area (Å²) in [5, 5.41) is 12.8. The first-order valence-corrected chi connectivity index (χ1v) is 6.56. The predicted octanol–water partition coefficient (Wildman–Crippen LogP) is 2.92. The van der Waals surface area contributed by atoms with Crippen LogP contribution in [0.3, 0.4) is 0 Å². The lowest BCUT2D eigenvalue weighted by molar-refractivity contribution is -0.0522. The molecule has 6 heteroatoms. The molecule has 0 saturated heterocycles. The van der Waals surface area contributed by atoms with Crippen molar-refractivity contribution in [2.45, 2.75) is 39.5 Å². The number of halogens is 3. The molecule has 0 aliphatic carbocycles. The molecule has 0 saturated carbocycles. The Morgan fingerprint density at radius 3 is 2.60 bits per heavy atom. The average Bonchev–Trinajstić information content (AvgIpc) is 2.40. The highest BCUT2D eigenvalue weighted by atomic mass is 19.3. The fourth-order valence-corrected chi connectivity index (χ4v) is 1.68. The molecule has 0 heterocycles. The van der Waals surface area contributed by atoms with Crippen LogP contribution < -0.4 is 10.1 Å². The van der Waals surface area contributed by atoms with Crippen molar-refractivity contribution >= 4 is 0 Å². The van der Waals surface area contributed by atoms with Gasteiger partial charge in [-0.2, -0.15) is 8.78 Å². The zero-order chi connectivity index (χ0) is 15.1. The van der Waals surface area contributed by atoms with E-state index < -0.39 is 24.3 Å². The molecule has 0 radical (unpaired) electrons. The number of hydrogen-bond donors (Lipinski definition) is 2. The maximum atomic E-state index is 13.4. The Hall–Kier alpha value is -1.27. The molecular weight excluding hydrogens is 271 g/mol. The van der Waals surface area contributed by atoms with Crippen LogP contribution in [0, 0.1) is 11.7 Å². The van der Waals surface area contributed by atoms with E-state index in [9.17, 15) is 18.3 Å². The maximum Gasteiger partial charge on any atom is 0.387 e. The summed E-state index contributed by atoms with van der Waals surface area (Å²) in [7, 11) is 0. The van der Waals surface area contributed by atoms with Crippen molar-refractivity contribution in [1.82, 2.24) is 5.32 Å². The molecule has 1 rings (SSSR count). The molecule has 20 heavy (non-hydrogen) atoms. The highest BCUT2D eigenvalue weighted by molar-refractivity contribution is 5.29. The summed E-state index contributed by atoms with van der Waals surface area (Å²) in [5.74, 6) is -1.11.